The Labute approximate surface area is 164 Å². The highest BCUT2D eigenvalue weighted by Crippen LogP contribution is 2.30. The van der Waals surface area contributed by atoms with Gasteiger partial charge in [-0.3, -0.25) is 4.79 Å². The third-order valence-corrected chi connectivity index (χ3v) is 5.20. The smallest absolute Gasteiger partial charge is 0.287 e. The Morgan fingerprint density at radius 2 is 1.85 bits per heavy atom. The van der Waals surface area contributed by atoms with Gasteiger partial charge >= 0.3 is 0 Å². The maximum atomic E-state index is 13.1. The van der Waals surface area contributed by atoms with Crippen molar-refractivity contribution < 1.29 is 13.9 Å². The van der Waals surface area contributed by atoms with Crippen LogP contribution >= 0.6 is 11.8 Å². The Hall–Kier alpha value is -2.40. The number of methoxy groups -OCH3 is 1. The predicted molar refractivity (Wildman–Crippen MR) is 111 cm³/mol. The largest absolute Gasteiger partial charge is 0.497 e. The first-order chi connectivity index (χ1) is 13.0. The van der Waals surface area contributed by atoms with Crippen LogP contribution in [0.2, 0.25) is 0 Å². The van der Waals surface area contributed by atoms with E-state index in [-0.39, 0.29) is 17.9 Å². The van der Waals surface area contributed by atoms with Crippen molar-refractivity contribution in [2.45, 2.75) is 25.6 Å². The molecule has 3 rings (SSSR count). The van der Waals surface area contributed by atoms with E-state index in [1.54, 1.807) is 18.9 Å². The maximum absolute atomic E-state index is 13.1. The fourth-order valence-corrected chi connectivity index (χ4v) is 3.80. The number of ether oxygens (including phenoxy) is 1. The molecule has 0 saturated heterocycles. The second-order valence-electron chi connectivity index (χ2n) is 6.81. The van der Waals surface area contributed by atoms with E-state index in [0.717, 1.165) is 33.6 Å². The summed E-state index contributed by atoms with van der Waals surface area (Å²) in [6, 6.07) is 15.5. The minimum atomic E-state index is -0.176. The van der Waals surface area contributed by atoms with Gasteiger partial charge in [-0.05, 0) is 35.9 Å². The molecule has 0 bridgehead atoms. The van der Waals surface area contributed by atoms with Crippen LogP contribution in [0.3, 0.4) is 0 Å². The molecule has 1 unspecified atom stereocenters. The van der Waals surface area contributed by atoms with Crippen LogP contribution in [0.15, 0.2) is 52.9 Å². The molecular weight excluding hydrogens is 358 g/mol. The van der Waals surface area contributed by atoms with Crippen LogP contribution < -0.4 is 10.1 Å². The highest BCUT2D eigenvalue weighted by molar-refractivity contribution is 7.97. The van der Waals surface area contributed by atoms with Crippen LogP contribution in [0.4, 0.5) is 0 Å². The van der Waals surface area contributed by atoms with Crippen LogP contribution in [0.1, 0.15) is 41.6 Å². The van der Waals surface area contributed by atoms with E-state index in [1.165, 1.54) is 0 Å². The van der Waals surface area contributed by atoms with Crippen LogP contribution in [0.25, 0.3) is 11.0 Å². The molecule has 1 atom stereocenters. The lowest BCUT2D eigenvalue weighted by atomic mass is 9.95. The number of nitrogens with one attached hydrogen (secondary N) is 1. The topological polar surface area (TPSA) is 51.5 Å². The van der Waals surface area contributed by atoms with Crippen molar-refractivity contribution in [3.05, 3.63) is 65.4 Å². The number of para-hydroxylation sites is 1. The molecule has 142 valence electrons. The van der Waals surface area contributed by atoms with Crippen LogP contribution in [-0.2, 0) is 5.75 Å². The first-order valence-electron chi connectivity index (χ1n) is 8.99. The Morgan fingerprint density at radius 3 is 2.48 bits per heavy atom. The summed E-state index contributed by atoms with van der Waals surface area (Å²) in [5.74, 6) is 1.99. The summed E-state index contributed by atoms with van der Waals surface area (Å²) in [6.45, 7) is 4.19. The van der Waals surface area contributed by atoms with Crippen LogP contribution in [0.5, 0.6) is 5.75 Å². The summed E-state index contributed by atoms with van der Waals surface area (Å²) in [5.41, 5.74) is 2.74. The third kappa shape index (κ3) is 4.14. The average Bonchev–Trinajstić information content (AvgIpc) is 3.05. The van der Waals surface area contributed by atoms with Crippen molar-refractivity contribution >= 4 is 28.6 Å². The Bertz CT molecular complexity index is 915. The number of hydrogen-bond acceptors (Lipinski definition) is 4. The van der Waals surface area contributed by atoms with Gasteiger partial charge in [-0.15, -0.1) is 0 Å². The van der Waals surface area contributed by atoms with Crippen LogP contribution in [0, 0.1) is 5.92 Å². The van der Waals surface area contributed by atoms with Gasteiger partial charge in [0.15, 0.2) is 5.76 Å². The SMILES string of the molecule is COc1ccc(C(NC(=O)c2oc3ccccc3c2CSC)C(C)C)cc1. The summed E-state index contributed by atoms with van der Waals surface area (Å²) in [6.07, 6.45) is 2.03. The number of carbonyl (C=O) groups is 1. The summed E-state index contributed by atoms with van der Waals surface area (Å²) in [7, 11) is 1.64. The van der Waals surface area contributed by atoms with Crippen LogP contribution in [-0.4, -0.2) is 19.3 Å². The summed E-state index contributed by atoms with van der Waals surface area (Å²) < 4.78 is 11.2. The number of hydrogen-bond donors (Lipinski definition) is 1. The minimum absolute atomic E-state index is 0.112. The number of furan rings is 1. The quantitative estimate of drug-likeness (QED) is 0.591. The van der Waals surface area contributed by atoms with E-state index < -0.39 is 0 Å². The molecule has 0 aliphatic heterocycles. The van der Waals surface area contributed by atoms with E-state index in [2.05, 4.69) is 19.2 Å². The van der Waals surface area contributed by atoms with E-state index in [9.17, 15) is 4.79 Å². The van der Waals surface area contributed by atoms with Crippen molar-refractivity contribution in [3.63, 3.8) is 0 Å². The molecule has 0 spiro atoms. The van der Waals surface area contributed by atoms with Crippen molar-refractivity contribution in [2.75, 3.05) is 13.4 Å². The molecule has 27 heavy (non-hydrogen) atoms. The summed E-state index contributed by atoms with van der Waals surface area (Å²) in [5, 5.41) is 4.17. The molecule has 0 saturated carbocycles. The van der Waals surface area contributed by atoms with Gasteiger partial charge in [0, 0.05) is 16.7 Å². The molecule has 3 aromatic rings. The first-order valence-corrected chi connectivity index (χ1v) is 10.4. The summed E-state index contributed by atoms with van der Waals surface area (Å²) >= 11 is 1.68. The third-order valence-electron chi connectivity index (χ3n) is 4.62. The van der Waals surface area contributed by atoms with Gasteiger partial charge in [-0.25, -0.2) is 0 Å². The first kappa shape index (κ1) is 19.4. The van der Waals surface area contributed by atoms with E-state index >= 15 is 0 Å². The molecule has 0 aliphatic rings. The Balaban J connectivity index is 1.92. The molecule has 1 amide bonds. The molecule has 5 heteroatoms. The molecule has 0 fully saturated rings. The molecular formula is C22H25NO3S. The van der Waals surface area contributed by atoms with E-state index in [4.69, 9.17) is 9.15 Å². The van der Waals surface area contributed by atoms with Gasteiger partial charge in [0.25, 0.3) is 5.91 Å². The van der Waals surface area contributed by atoms with Gasteiger partial charge in [-0.2, -0.15) is 11.8 Å². The molecule has 1 N–H and O–H groups in total. The fourth-order valence-electron chi connectivity index (χ4n) is 3.22. The minimum Gasteiger partial charge on any atom is -0.497 e. The Kier molecular flexibility index (Phi) is 6.11. The molecule has 1 heterocycles. The lowest BCUT2D eigenvalue weighted by Gasteiger charge is -2.23. The zero-order chi connectivity index (χ0) is 19.4. The van der Waals surface area contributed by atoms with Gasteiger partial charge in [0.05, 0.1) is 13.2 Å². The van der Waals surface area contributed by atoms with Crippen molar-refractivity contribution in [2.24, 2.45) is 5.92 Å². The number of rotatable bonds is 7. The van der Waals surface area contributed by atoms with E-state index in [0.29, 0.717) is 5.76 Å². The molecule has 2 aromatic carbocycles. The normalized spacial score (nSPS) is 12.3. The molecule has 4 nitrogen and oxygen atoms in total. The molecule has 0 radical (unpaired) electrons. The number of benzene rings is 2. The second kappa shape index (κ2) is 8.53. The van der Waals surface area contributed by atoms with Crippen molar-refractivity contribution in [3.8, 4) is 5.75 Å². The second-order valence-corrected chi connectivity index (χ2v) is 7.67. The van der Waals surface area contributed by atoms with Crippen molar-refractivity contribution in [1.29, 1.82) is 0 Å². The fraction of sp³-hybridized carbons (Fsp3) is 0.318. The zero-order valence-corrected chi connectivity index (χ0v) is 16.9. The molecule has 0 aliphatic carbocycles. The highest BCUT2D eigenvalue weighted by atomic mass is 32.2. The Morgan fingerprint density at radius 1 is 1.15 bits per heavy atom. The number of carbonyl (C=O) groups excluding carboxylic acids is 1. The van der Waals surface area contributed by atoms with Gasteiger partial charge in [-0.1, -0.05) is 44.2 Å². The zero-order valence-electron chi connectivity index (χ0n) is 16.1. The predicted octanol–water partition coefficient (Wildman–Crippen LogP) is 5.43. The van der Waals surface area contributed by atoms with Gasteiger partial charge < -0.3 is 14.5 Å². The number of amides is 1. The highest BCUT2D eigenvalue weighted by Gasteiger charge is 2.24. The standard InChI is InChI=1S/C22H25NO3S/c1-14(2)20(15-9-11-16(25-3)12-10-15)23-22(24)21-18(13-27-4)17-7-5-6-8-19(17)26-21/h5-12,14,20H,13H2,1-4H3,(H,23,24). The van der Waals surface area contributed by atoms with E-state index in [1.807, 2.05) is 54.8 Å². The maximum Gasteiger partial charge on any atom is 0.287 e. The average molecular weight is 384 g/mol. The lowest BCUT2D eigenvalue weighted by Crippen LogP contribution is -2.32. The number of fused-ring (bicyclic) bond motifs is 1. The molecule has 1 aromatic heterocycles. The summed E-state index contributed by atoms with van der Waals surface area (Å²) in [4.78, 5) is 13.1. The monoisotopic (exact) mass is 383 g/mol. The van der Waals surface area contributed by atoms with Gasteiger partial charge in [0.2, 0.25) is 0 Å². The number of thioether (sulfide) groups is 1. The van der Waals surface area contributed by atoms with Crippen molar-refractivity contribution in [1.82, 2.24) is 5.32 Å². The van der Waals surface area contributed by atoms with Gasteiger partial charge in [0.1, 0.15) is 11.3 Å². The lowest BCUT2D eigenvalue weighted by molar-refractivity contribution is 0.0898.